The summed E-state index contributed by atoms with van der Waals surface area (Å²) < 4.78 is 0. The second-order valence-electron chi connectivity index (χ2n) is 5.78. The van der Waals surface area contributed by atoms with Gasteiger partial charge in [-0.05, 0) is 43.3 Å². The highest BCUT2D eigenvalue weighted by Crippen LogP contribution is 2.18. The van der Waals surface area contributed by atoms with Gasteiger partial charge in [-0.25, -0.2) is 0 Å². The van der Waals surface area contributed by atoms with Crippen LogP contribution in [0.3, 0.4) is 0 Å². The summed E-state index contributed by atoms with van der Waals surface area (Å²) in [6.07, 6.45) is 0.916. The van der Waals surface area contributed by atoms with Gasteiger partial charge < -0.3 is 10.2 Å². The van der Waals surface area contributed by atoms with Crippen molar-refractivity contribution in [1.82, 2.24) is 10.2 Å². The highest BCUT2D eigenvalue weighted by molar-refractivity contribution is 6.30. The number of hydrogen-bond donors (Lipinski definition) is 1. The zero-order valence-electron chi connectivity index (χ0n) is 13.3. The third-order valence-electron chi connectivity index (χ3n) is 4.14. The van der Waals surface area contributed by atoms with Crippen molar-refractivity contribution in [2.45, 2.75) is 6.42 Å². The van der Waals surface area contributed by atoms with E-state index in [9.17, 15) is 9.59 Å². The lowest BCUT2D eigenvalue weighted by atomic mass is 9.97. The first-order valence-electron chi connectivity index (χ1n) is 8.06. The molecule has 5 heteroatoms. The van der Waals surface area contributed by atoms with E-state index in [-0.39, 0.29) is 11.7 Å². The van der Waals surface area contributed by atoms with E-state index in [1.807, 2.05) is 4.90 Å². The fraction of sp³-hybridized carbons (Fsp3) is 0.263. The van der Waals surface area contributed by atoms with Crippen LogP contribution in [-0.4, -0.2) is 42.8 Å². The zero-order chi connectivity index (χ0) is 16.9. The summed E-state index contributed by atoms with van der Waals surface area (Å²) in [7, 11) is 0. The van der Waals surface area contributed by atoms with Gasteiger partial charge in [-0.3, -0.25) is 9.59 Å². The van der Waals surface area contributed by atoms with Crippen LogP contribution < -0.4 is 5.32 Å². The Morgan fingerprint density at radius 2 is 1.62 bits per heavy atom. The molecule has 0 atom stereocenters. The normalized spacial score (nSPS) is 15.0. The third-order valence-corrected chi connectivity index (χ3v) is 4.39. The van der Waals surface area contributed by atoms with Crippen molar-refractivity contribution < 1.29 is 9.59 Å². The molecule has 1 aliphatic heterocycles. The maximum Gasteiger partial charge on any atom is 0.254 e. The summed E-state index contributed by atoms with van der Waals surface area (Å²) in [5.74, 6) is -0.250. The van der Waals surface area contributed by atoms with Crippen LogP contribution in [-0.2, 0) is 0 Å². The summed E-state index contributed by atoms with van der Waals surface area (Å²) in [5, 5.41) is 3.86. The minimum Gasteiger partial charge on any atom is -0.337 e. The number of nitrogens with one attached hydrogen (secondary N) is 1. The van der Waals surface area contributed by atoms with E-state index in [4.69, 9.17) is 11.6 Å². The fourth-order valence-corrected chi connectivity index (χ4v) is 2.97. The molecule has 3 rings (SSSR count). The predicted molar refractivity (Wildman–Crippen MR) is 94.7 cm³/mol. The van der Waals surface area contributed by atoms with E-state index in [0.29, 0.717) is 34.8 Å². The lowest BCUT2D eigenvalue weighted by Crippen LogP contribution is -2.35. The van der Waals surface area contributed by atoms with Gasteiger partial charge in [0.2, 0.25) is 0 Å². The number of hydrogen-bond acceptors (Lipinski definition) is 3. The monoisotopic (exact) mass is 342 g/mol. The molecule has 1 heterocycles. The minimum atomic E-state index is -0.163. The number of amides is 1. The van der Waals surface area contributed by atoms with Crippen LogP contribution in [0.25, 0.3) is 0 Å². The van der Waals surface area contributed by atoms with E-state index in [0.717, 1.165) is 19.5 Å². The molecule has 2 aromatic carbocycles. The van der Waals surface area contributed by atoms with Crippen LogP contribution in [0.4, 0.5) is 0 Å². The number of halogens is 1. The van der Waals surface area contributed by atoms with Crippen molar-refractivity contribution in [2.75, 3.05) is 26.2 Å². The molecule has 4 nitrogen and oxygen atoms in total. The number of ketones is 1. The lowest BCUT2D eigenvalue weighted by molar-refractivity contribution is 0.0762. The Morgan fingerprint density at radius 3 is 2.38 bits per heavy atom. The van der Waals surface area contributed by atoms with Gasteiger partial charge in [0.1, 0.15) is 0 Å². The molecule has 0 aliphatic carbocycles. The number of carbonyl (C=O) groups excluding carboxylic acids is 2. The van der Waals surface area contributed by atoms with E-state index in [1.165, 1.54) is 0 Å². The van der Waals surface area contributed by atoms with Crippen LogP contribution in [0, 0.1) is 0 Å². The van der Waals surface area contributed by atoms with Crippen molar-refractivity contribution in [3.05, 3.63) is 70.2 Å². The molecule has 124 valence electrons. The SMILES string of the molecule is O=C(c1ccc(Cl)cc1)c1ccccc1C(=O)N1CCCNCC1. The van der Waals surface area contributed by atoms with Crippen molar-refractivity contribution in [1.29, 1.82) is 0 Å². The molecule has 1 fully saturated rings. The molecule has 1 aliphatic rings. The largest absolute Gasteiger partial charge is 0.337 e. The molecule has 1 amide bonds. The smallest absolute Gasteiger partial charge is 0.254 e. The summed E-state index contributed by atoms with van der Waals surface area (Å²) in [6, 6.07) is 13.7. The Hall–Kier alpha value is -2.17. The van der Waals surface area contributed by atoms with Crippen LogP contribution >= 0.6 is 11.6 Å². The molecule has 0 saturated carbocycles. The standard InChI is InChI=1S/C19H19ClN2O2/c20-15-8-6-14(7-9-15)18(23)16-4-1-2-5-17(16)19(24)22-12-3-10-21-11-13-22/h1-2,4-9,21H,3,10-13H2. The van der Waals surface area contributed by atoms with E-state index in [2.05, 4.69) is 5.32 Å². The molecule has 0 unspecified atom stereocenters. The number of nitrogens with zero attached hydrogens (tertiary/aromatic N) is 1. The van der Waals surface area contributed by atoms with Gasteiger partial charge in [0.05, 0.1) is 5.56 Å². The van der Waals surface area contributed by atoms with Crippen molar-refractivity contribution >= 4 is 23.3 Å². The fourth-order valence-electron chi connectivity index (χ4n) is 2.84. The molecule has 1 N–H and O–H groups in total. The highest BCUT2D eigenvalue weighted by atomic mass is 35.5. The lowest BCUT2D eigenvalue weighted by Gasteiger charge is -2.21. The molecular weight excluding hydrogens is 324 g/mol. The van der Waals surface area contributed by atoms with Gasteiger partial charge in [0.25, 0.3) is 5.91 Å². The molecule has 1 saturated heterocycles. The van der Waals surface area contributed by atoms with Crippen LogP contribution in [0.15, 0.2) is 48.5 Å². The molecule has 0 spiro atoms. The molecule has 0 radical (unpaired) electrons. The van der Waals surface area contributed by atoms with Crippen LogP contribution in [0.1, 0.15) is 32.7 Å². The summed E-state index contributed by atoms with van der Waals surface area (Å²) in [4.78, 5) is 27.5. The number of rotatable bonds is 3. The second-order valence-corrected chi connectivity index (χ2v) is 6.21. The Labute approximate surface area is 146 Å². The Balaban J connectivity index is 1.91. The summed E-state index contributed by atoms with van der Waals surface area (Å²) in [5.41, 5.74) is 1.42. The van der Waals surface area contributed by atoms with Gasteiger partial charge in [-0.2, -0.15) is 0 Å². The van der Waals surface area contributed by atoms with E-state index >= 15 is 0 Å². The van der Waals surface area contributed by atoms with Crippen molar-refractivity contribution in [3.63, 3.8) is 0 Å². The Morgan fingerprint density at radius 1 is 0.917 bits per heavy atom. The molecule has 0 bridgehead atoms. The first-order valence-corrected chi connectivity index (χ1v) is 8.44. The van der Waals surface area contributed by atoms with E-state index < -0.39 is 0 Å². The van der Waals surface area contributed by atoms with Gasteiger partial charge in [0, 0.05) is 35.8 Å². The van der Waals surface area contributed by atoms with Crippen molar-refractivity contribution in [2.24, 2.45) is 0 Å². The highest BCUT2D eigenvalue weighted by Gasteiger charge is 2.22. The predicted octanol–water partition coefficient (Wildman–Crippen LogP) is 3.01. The van der Waals surface area contributed by atoms with Crippen LogP contribution in [0.2, 0.25) is 5.02 Å². The zero-order valence-corrected chi connectivity index (χ0v) is 14.1. The average molecular weight is 343 g/mol. The maximum atomic E-state index is 12.9. The quantitative estimate of drug-likeness (QED) is 0.872. The van der Waals surface area contributed by atoms with Gasteiger partial charge in [0.15, 0.2) is 5.78 Å². The Bertz CT molecular complexity index is 735. The third kappa shape index (κ3) is 3.66. The molecule has 0 aromatic heterocycles. The van der Waals surface area contributed by atoms with Gasteiger partial charge in [-0.1, -0.05) is 29.8 Å². The van der Waals surface area contributed by atoms with Gasteiger partial charge >= 0.3 is 0 Å². The van der Waals surface area contributed by atoms with Crippen molar-refractivity contribution in [3.8, 4) is 0 Å². The van der Waals surface area contributed by atoms with E-state index in [1.54, 1.807) is 48.5 Å². The first-order chi connectivity index (χ1) is 11.7. The minimum absolute atomic E-state index is 0.0865. The molecule has 24 heavy (non-hydrogen) atoms. The maximum absolute atomic E-state index is 12.9. The van der Waals surface area contributed by atoms with Crippen LogP contribution in [0.5, 0.6) is 0 Å². The number of benzene rings is 2. The second kappa shape index (κ2) is 7.60. The molecule has 2 aromatic rings. The number of carbonyl (C=O) groups is 2. The van der Waals surface area contributed by atoms with Gasteiger partial charge in [-0.15, -0.1) is 0 Å². The summed E-state index contributed by atoms with van der Waals surface area (Å²) >= 11 is 5.88. The first kappa shape index (κ1) is 16.7. The molecular formula is C19H19ClN2O2. The Kier molecular flexibility index (Phi) is 5.28. The topological polar surface area (TPSA) is 49.4 Å². The average Bonchev–Trinajstić information content (AvgIpc) is 2.90. The summed E-state index contributed by atoms with van der Waals surface area (Å²) in [6.45, 7) is 3.05.